The highest BCUT2D eigenvalue weighted by Gasteiger charge is 2.28. The predicted octanol–water partition coefficient (Wildman–Crippen LogP) is 3.81. The normalized spacial score (nSPS) is 17.2. The van der Waals surface area contributed by atoms with Crippen LogP contribution in [0.15, 0.2) is 36.4 Å². The van der Waals surface area contributed by atoms with Gasteiger partial charge in [0.05, 0.1) is 13.2 Å². The van der Waals surface area contributed by atoms with Crippen molar-refractivity contribution in [2.75, 3.05) is 25.4 Å². The number of likely N-dealkylation sites (tertiary alicyclic amines) is 1. The fourth-order valence-electron chi connectivity index (χ4n) is 2.96. The van der Waals surface area contributed by atoms with E-state index in [1.807, 2.05) is 36.4 Å². The number of hydrogen-bond acceptors (Lipinski definition) is 4. The van der Waals surface area contributed by atoms with Crippen LogP contribution in [-0.2, 0) is 4.74 Å². The van der Waals surface area contributed by atoms with Gasteiger partial charge in [-0.25, -0.2) is 4.79 Å². The van der Waals surface area contributed by atoms with Crippen LogP contribution in [0.3, 0.4) is 0 Å². The summed E-state index contributed by atoms with van der Waals surface area (Å²) in [7, 11) is 0. The summed E-state index contributed by atoms with van der Waals surface area (Å²) in [6.07, 6.45) is 2.47. The maximum atomic E-state index is 12.0. The number of nitrogens with zero attached hydrogens (tertiary/aromatic N) is 1. The molecule has 0 aromatic heterocycles. The lowest BCUT2D eigenvalue weighted by atomic mass is 10.1. The Morgan fingerprint density at radius 3 is 2.83 bits per heavy atom. The molecule has 24 heavy (non-hydrogen) atoms. The van der Waals surface area contributed by atoms with E-state index in [1.165, 1.54) is 0 Å². The Kier molecular flexibility index (Phi) is 5.08. The molecule has 3 rings (SSSR count). The predicted molar refractivity (Wildman–Crippen MR) is 95.2 cm³/mol. The van der Waals surface area contributed by atoms with Gasteiger partial charge in [-0.05, 0) is 18.6 Å². The van der Waals surface area contributed by atoms with Crippen LogP contribution in [0.5, 0.6) is 5.75 Å². The van der Waals surface area contributed by atoms with Gasteiger partial charge in [0, 0.05) is 29.4 Å². The van der Waals surface area contributed by atoms with Crippen molar-refractivity contribution in [2.45, 2.75) is 32.3 Å². The van der Waals surface area contributed by atoms with Gasteiger partial charge in [-0.2, -0.15) is 0 Å². The highest BCUT2D eigenvalue weighted by molar-refractivity contribution is 5.97. The Morgan fingerprint density at radius 1 is 1.25 bits per heavy atom. The van der Waals surface area contributed by atoms with Crippen molar-refractivity contribution in [3.05, 3.63) is 36.4 Å². The van der Waals surface area contributed by atoms with Gasteiger partial charge in [0.2, 0.25) is 0 Å². The number of unbranched alkanes of at least 4 members (excludes halogenated alkanes) is 1. The minimum Gasteiger partial charge on any atom is -0.488 e. The topological polar surface area (TPSA) is 64.8 Å². The number of carbonyl (C=O) groups excluding carboxylic acids is 1. The first-order valence-corrected chi connectivity index (χ1v) is 8.54. The second-order valence-corrected chi connectivity index (χ2v) is 6.14. The molecular weight excluding hydrogens is 304 g/mol. The minimum atomic E-state index is -0.239. The van der Waals surface area contributed by atoms with Gasteiger partial charge in [0.25, 0.3) is 0 Å². The molecule has 5 heteroatoms. The standard InChI is InChI=1S/C19H24N2O3/c1-2-3-12-23-19(22)21-11-10-14(13-21)24-18-9-8-17(20)15-6-4-5-7-16(15)18/h4-9,14H,2-3,10-13,20H2,1H3. The average molecular weight is 328 g/mol. The molecule has 0 spiro atoms. The molecule has 0 saturated carbocycles. The number of carbonyl (C=O) groups is 1. The molecule has 1 unspecified atom stereocenters. The Hall–Kier alpha value is -2.43. The number of hydrogen-bond donors (Lipinski definition) is 1. The number of fused-ring (bicyclic) bond motifs is 1. The number of nitrogens with two attached hydrogens (primary N) is 1. The van der Waals surface area contributed by atoms with E-state index in [9.17, 15) is 4.79 Å². The summed E-state index contributed by atoms with van der Waals surface area (Å²) < 4.78 is 11.4. The number of amides is 1. The average Bonchev–Trinajstić information content (AvgIpc) is 3.06. The van der Waals surface area contributed by atoms with Crippen LogP contribution in [0, 0.1) is 0 Å². The number of ether oxygens (including phenoxy) is 2. The van der Waals surface area contributed by atoms with Gasteiger partial charge >= 0.3 is 6.09 Å². The molecule has 1 amide bonds. The third kappa shape index (κ3) is 3.55. The summed E-state index contributed by atoms with van der Waals surface area (Å²) in [6.45, 7) is 3.79. The molecule has 0 aliphatic carbocycles. The molecule has 5 nitrogen and oxygen atoms in total. The molecular formula is C19H24N2O3. The first kappa shape index (κ1) is 16.4. The molecule has 2 aromatic rings. The molecule has 2 N–H and O–H groups in total. The fraction of sp³-hybridized carbons (Fsp3) is 0.421. The molecule has 128 valence electrons. The molecule has 1 aliphatic rings. The summed E-state index contributed by atoms with van der Waals surface area (Å²) in [6, 6.07) is 11.7. The minimum absolute atomic E-state index is 0.0178. The number of rotatable bonds is 5. The van der Waals surface area contributed by atoms with Crippen molar-refractivity contribution in [3.8, 4) is 5.75 Å². The van der Waals surface area contributed by atoms with Crippen molar-refractivity contribution in [1.82, 2.24) is 4.90 Å². The number of nitrogen functional groups attached to an aromatic ring is 1. The van der Waals surface area contributed by atoms with Gasteiger partial charge in [-0.1, -0.05) is 37.6 Å². The van der Waals surface area contributed by atoms with Gasteiger partial charge in [-0.15, -0.1) is 0 Å². The Bertz CT molecular complexity index is 717. The van der Waals surface area contributed by atoms with E-state index in [2.05, 4.69) is 6.92 Å². The molecule has 1 saturated heterocycles. The number of anilines is 1. The van der Waals surface area contributed by atoms with Crippen molar-refractivity contribution >= 4 is 22.6 Å². The molecule has 1 aliphatic heterocycles. The smallest absolute Gasteiger partial charge is 0.409 e. The van der Waals surface area contributed by atoms with E-state index >= 15 is 0 Å². The van der Waals surface area contributed by atoms with Crippen molar-refractivity contribution in [2.24, 2.45) is 0 Å². The van der Waals surface area contributed by atoms with Crippen molar-refractivity contribution < 1.29 is 14.3 Å². The molecule has 1 atom stereocenters. The zero-order valence-corrected chi connectivity index (χ0v) is 14.0. The van der Waals surface area contributed by atoms with E-state index in [0.717, 1.165) is 41.5 Å². The largest absolute Gasteiger partial charge is 0.488 e. The monoisotopic (exact) mass is 328 g/mol. The SMILES string of the molecule is CCCCOC(=O)N1CCC(Oc2ccc(N)c3ccccc23)C1. The molecule has 0 radical (unpaired) electrons. The quantitative estimate of drug-likeness (QED) is 0.669. The van der Waals surface area contributed by atoms with Crippen LogP contribution in [0.2, 0.25) is 0 Å². The van der Waals surface area contributed by atoms with Crippen LogP contribution in [0.1, 0.15) is 26.2 Å². The maximum Gasteiger partial charge on any atom is 0.409 e. The summed E-state index contributed by atoms with van der Waals surface area (Å²) in [5.41, 5.74) is 6.77. The summed E-state index contributed by atoms with van der Waals surface area (Å²) in [4.78, 5) is 13.7. The lowest BCUT2D eigenvalue weighted by Crippen LogP contribution is -2.31. The van der Waals surface area contributed by atoms with Crippen LogP contribution in [0.25, 0.3) is 10.8 Å². The van der Waals surface area contributed by atoms with E-state index in [1.54, 1.807) is 4.90 Å². The van der Waals surface area contributed by atoms with Gasteiger partial charge < -0.3 is 20.1 Å². The molecule has 1 fully saturated rings. The molecule has 2 aromatic carbocycles. The third-order valence-corrected chi connectivity index (χ3v) is 4.34. The van der Waals surface area contributed by atoms with Crippen LogP contribution < -0.4 is 10.5 Å². The Morgan fingerprint density at radius 2 is 2.04 bits per heavy atom. The second kappa shape index (κ2) is 7.43. The van der Waals surface area contributed by atoms with Crippen LogP contribution in [-0.4, -0.2) is 36.8 Å². The van der Waals surface area contributed by atoms with Gasteiger partial charge in [-0.3, -0.25) is 0 Å². The summed E-state index contributed by atoms with van der Waals surface area (Å²) in [5, 5.41) is 1.99. The Labute approximate surface area is 142 Å². The van der Waals surface area contributed by atoms with Gasteiger partial charge in [0.15, 0.2) is 0 Å². The summed E-state index contributed by atoms with van der Waals surface area (Å²) in [5.74, 6) is 0.811. The van der Waals surface area contributed by atoms with E-state index < -0.39 is 0 Å². The molecule has 1 heterocycles. The van der Waals surface area contributed by atoms with Crippen molar-refractivity contribution in [3.63, 3.8) is 0 Å². The zero-order chi connectivity index (χ0) is 16.9. The highest BCUT2D eigenvalue weighted by Crippen LogP contribution is 2.31. The molecule has 0 bridgehead atoms. The first-order chi connectivity index (χ1) is 11.7. The van der Waals surface area contributed by atoms with E-state index in [-0.39, 0.29) is 12.2 Å². The third-order valence-electron chi connectivity index (χ3n) is 4.34. The van der Waals surface area contributed by atoms with Crippen molar-refractivity contribution in [1.29, 1.82) is 0 Å². The van der Waals surface area contributed by atoms with Crippen LogP contribution >= 0.6 is 0 Å². The maximum absolute atomic E-state index is 12.0. The van der Waals surface area contributed by atoms with Crippen LogP contribution in [0.4, 0.5) is 10.5 Å². The van der Waals surface area contributed by atoms with Gasteiger partial charge in [0.1, 0.15) is 11.9 Å². The summed E-state index contributed by atoms with van der Waals surface area (Å²) >= 11 is 0. The lowest BCUT2D eigenvalue weighted by molar-refractivity contribution is 0.104. The second-order valence-electron chi connectivity index (χ2n) is 6.14. The Balaban J connectivity index is 1.64. The number of benzene rings is 2. The van der Waals surface area contributed by atoms with E-state index in [4.69, 9.17) is 15.2 Å². The highest BCUT2D eigenvalue weighted by atomic mass is 16.6. The zero-order valence-electron chi connectivity index (χ0n) is 14.0. The van der Waals surface area contributed by atoms with E-state index in [0.29, 0.717) is 19.7 Å². The first-order valence-electron chi connectivity index (χ1n) is 8.54. The fourth-order valence-corrected chi connectivity index (χ4v) is 2.96. The lowest BCUT2D eigenvalue weighted by Gasteiger charge is -2.18.